The zero-order valence-corrected chi connectivity index (χ0v) is 7.93. The Kier molecular flexibility index (Phi) is 1.94. The molecule has 2 heterocycles. The summed E-state index contributed by atoms with van der Waals surface area (Å²) in [6.07, 6.45) is 3.76. The van der Waals surface area contributed by atoms with Crippen LogP contribution in [0.5, 0.6) is 0 Å². The minimum Gasteiger partial charge on any atom is -0.276 e. The Bertz CT molecular complexity index is 412. The molecule has 5 heteroatoms. The first-order chi connectivity index (χ1) is 5.81. The second kappa shape index (κ2) is 2.95. The van der Waals surface area contributed by atoms with E-state index < -0.39 is 0 Å². The monoisotopic (exact) mass is 199 g/mol. The summed E-state index contributed by atoms with van der Waals surface area (Å²) in [6.45, 7) is 0. The number of rotatable bonds is 1. The molecule has 0 spiro atoms. The lowest BCUT2D eigenvalue weighted by Gasteiger charge is -1.95. The highest BCUT2D eigenvalue weighted by Gasteiger charge is 2.02. The van der Waals surface area contributed by atoms with Crippen LogP contribution < -0.4 is 0 Å². The van der Waals surface area contributed by atoms with Gasteiger partial charge in [-0.3, -0.25) is 4.40 Å². The molecule has 0 amide bonds. The molecule has 0 fully saturated rings. The first-order valence-corrected chi connectivity index (χ1v) is 4.96. The minimum absolute atomic E-state index is 0.692. The highest BCUT2D eigenvalue weighted by atomic mass is 35.5. The van der Waals surface area contributed by atoms with Crippen LogP contribution in [0.2, 0.25) is 5.02 Å². The molecule has 0 aliphatic heterocycles. The van der Waals surface area contributed by atoms with Crippen molar-refractivity contribution in [1.29, 1.82) is 0 Å². The molecule has 3 nitrogen and oxygen atoms in total. The molecule has 0 saturated carbocycles. The Hall–Kier alpha value is -0.740. The largest absolute Gasteiger partial charge is 0.276 e. The lowest BCUT2D eigenvalue weighted by molar-refractivity contribution is 0.924. The van der Waals surface area contributed by atoms with E-state index in [1.165, 1.54) is 0 Å². The van der Waals surface area contributed by atoms with Gasteiger partial charge in [-0.15, -0.1) is 10.2 Å². The van der Waals surface area contributed by atoms with Crippen molar-refractivity contribution < 1.29 is 0 Å². The van der Waals surface area contributed by atoms with Crippen LogP contribution in [0.15, 0.2) is 23.5 Å². The molecular weight excluding hydrogens is 194 g/mol. The van der Waals surface area contributed by atoms with Crippen molar-refractivity contribution in [3.05, 3.63) is 23.4 Å². The van der Waals surface area contributed by atoms with Crippen molar-refractivity contribution in [3.8, 4) is 0 Å². The third kappa shape index (κ3) is 1.17. The zero-order chi connectivity index (χ0) is 8.55. The number of nitrogens with zero attached hydrogens (tertiary/aromatic N) is 3. The summed E-state index contributed by atoms with van der Waals surface area (Å²) in [7, 11) is 0. The summed E-state index contributed by atoms with van der Waals surface area (Å²) >= 11 is 7.36. The summed E-state index contributed by atoms with van der Waals surface area (Å²) in [6, 6.07) is 3.64. The first kappa shape index (κ1) is 7.89. The van der Waals surface area contributed by atoms with Gasteiger partial charge in [-0.05, 0) is 18.4 Å². The first-order valence-electron chi connectivity index (χ1n) is 3.35. The van der Waals surface area contributed by atoms with Gasteiger partial charge in [0.25, 0.3) is 0 Å². The van der Waals surface area contributed by atoms with Gasteiger partial charge in [-0.2, -0.15) is 0 Å². The van der Waals surface area contributed by atoms with Crippen LogP contribution in [0.1, 0.15) is 0 Å². The molecule has 2 aromatic rings. The predicted molar refractivity (Wildman–Crippen MR) is 49.8 cm³/mol. The number of halogens is 1. The maximum absolute atomic E-state index is 5.82. The third-order valence-electron chi connectivity index (χ3n) is 1.52. The molecule has 0 aromatic carbocycles. The molecule has 0 N–H and O–H groups in total. The summed E-state index contributed by atoms with van der Waals surface area (Å²) in [4.78, 5) is 0. The van der Waals surface area contributed by atoms with Gasteiger partial charge in [0.2, 0.25) is 0 Å². The van der Waals surface area contributed by atoms with Crippen LogP contribution in [0.4, 0.5) is 0 Å². The average Bonchev–Trinajstić information content (AvgIpc) is 2.46. The fourth-order valence-corrected chi connectivity index (χ4v) is 1.61. The predicted octanol–water partition coefficient (Wildman–Crippen LogP) is 2.10. The summed E-state index contributed by atoms with van der Waals surface area (Å²) in [5, 5.41) is 9.48. The zero-order valence-electron chi connectivity index (χ0n) is 6.36. The lowest BCUT2D eigenvalue weighted by Crippen LogP contribution is -1.85. The second-order valence-electron chi connectivity index (χ2n) is 2.26. The summed E-state index contributed by atoms with van der Waals surface area (Å²) in [5.74, 6) is 0. The van der Waals surface area contributed by atoms with Crippen LogP contribution in [0, 0.1) is 0 Å². The molecule has 62 valence electrons. The molecule has 2 aromatic heterocycles. The number of fused-ring (bicyclic) bond motifs is 1. The van der Waals surface area contributed by atoms with Gasteiger partial charge < -0.3 is 0 Å². The summed E-state index contributed by atoms with van der Waals surface area (Å²) in [5.41, 5.74) is 0.823. The maximum atomic E-state index is 5.82. The van der Waals surface area contributed by atoms with Gasteiger partial charge in [0.1, 0.15) is 0 Å². The van der Waals surface area contributed by atoms with Crippen LogP contribution in [0.25, 0.3) is 5.65 Å². The van der Waals surface area contributed by atoms with E-state index in [-0.39, 0.29) is 0 Å². The number of thioether (sulfide) groups is 1. The van der Waals surface area contributed by atoms with E-state index >= 15 is 0 Å². The van der Waals surface area contributed by atoms with E-state index in [0.717, 1.165) is 10.8 Å². The van der Waals surface area contributed by atoms with E-state index in [2.05, 4.69) is 10.2 Å². The Balaban J connectivity index is 2.75. The van der Waals surface area contributed by atoms with Gasteiger partial charge >= 0.3 is 0 Å². The molecule has 2 rings (SSSR count). The Morgan fingerprint density at radius 2 is 2.25 bits per heavy atom. The molecule has 0 aliphatic rings. The van der Waals surface area contributed by atoms with Crippen LogP contribution in [-0.4, -0.2) is 20.9 Å². The van der Waals surface area contributed by atoms with Gasteiger partial charge in [-0.25, -0.2) is 0 Å². The van der Waals surface area contributed by atoms with E-state index in [9.17, 15) is 0 Å². The van der Waals surface area contributed by atoms with Gasteiger partial charge in [0.05, 0.1) is 5.02 Å². The molecule has 12 heavy (non-hydrogen) atoms. The molecule has 0 aliphatic carbocycles. The second-order valence-corrected chi connectivity index (χ2v) is 3.47. The standard InChI is InChI=1S/C7H6ClN3S/c1-12-7-10-9-6-3-2-5(8)4-11(6)7/h2-4H,1H3. The van der Waals surface area contributed by atoms with Crippen molar-refractivity contribution in [2.75, 3.05) is 6.26 Å². The topological polar surface area (TPSA) is 30.2 Å². The fraction of sp³-hybridized carbons (Fsp3) is 0.143. The van der Waals surface area contributed by atoms with E-state index in [1.807, 2.05) is 22.9 Å². The minimum atomic E-state index is 0.692. The van der Waals surface area contributed by atoms with Gasteiger partial charge in [-0.1, -0.05) is 23.4 Å². The molecule has 0 radical (unpaired) electrons. The fourth-order valence-electron chi connectivity index (χ4n) is 0.983. The highest BCUT2D eigenvalue weighted by Crippen LogP contribution is 2.16. The molecular formula is C7H6ClN3S. The number of pyridine rings is 1. The van der Waals surface area contributed by atoms with Gasteiger partial charge in [0.15, 0.2) is 10.8 Å². The highest BCUT2D eigenvalue weighted by molar-refractivity contribution is 7.98. The van der Waals surface area contributed by atoms with Crippen LogP contribution >= 0.6 is 23.4 Å². The average molecular weight is 200 g/mol. The van der Waals surface area contributed by atoms with Crippen LogP contribution in [0.3, 0.4) is 0 Å². The van der Waals surface area contributed by atoms with Gasteiger partial charge in [0, 0.05) is 6.20 Å². The van der Waals surface area contributed by atoms with E-state index in [1.54, 1.807) is 17.8 Å². The summed E-state index contributed by atoms with van der Waals surface area (Å²) < 4.78 is 1.87. The van der Waals surface area contributed by atoms with Crippen molar-refractivity contribution in [1.82, 2.24) is 14.6 Å². The number of hydrogen-bond donors (Lipinski definition) is 0. The lowest BCUT2D eigenvalue weighted by atomic mass is 10.5. The van der Waals surface area contributed by atoms with Crippen molar-refractivity contribution in [3.63, 3.8) is 0 Å². The molecule has 0 saturated heterocycles. The maximum Gasteiger partial charge on any atom is 0.195 e. The Morgan fingerprint density at radius 1 is 1.42 bits per heavy atom. The van der Waals surface area contributed by atoms with Crippen molar-refractivity contribution in [2.24, 2.45) is 0 Å². The molecule has 0 atom stereocenters. The van der Waals surface area contributed by atoms with Crippen molar-refractivity contribution in [2.45, 2.75) is 5.16 Å². The normalized spacial score (nSPS) is 10.8. The molecule has 0 unspecified atom stereocenters. The van der Waals surface area contributed by atoms with E-state index in [0.29, 0.717) is 5.02 Å². The Morgan fingerprint density at radius 3 is 3.00 bits per heavy atom. The smallest absolute Gasteiger partial charge is 0.195 e. The number of aromatic nitrogens is 3. The SMILES string of the molecule is CSc1nnc2ccc(Cl)cn12. The Labute approximate surface area is 78.7 Å². The van der Waals surface area contributed by atoms with Crippen LogP contribution in [-0.2, 0) is 0 Å². The quantitative estimate of drug-likeness (QED) is 0.659. The number of hydrogen-bond acceptors (Lipinski definition) is 3. The van der Waals surface area contributed by atoms with Crippen molar-refractivity contribution >= 4 is 29.0 Å². The van der Waals surface area contributed by atoms with E-state index in [4.69, 9.17) is 11.6 Å². The molecule has 0 bridgehead atoms. The third-order valence-corrected chi connectivity index (χ3v) is 2.38.